The lowest BCUT2D eigenvalue weighted by Gasteiger charge is -2.24. The Morgan fingerprint density at radius 3 is 2.64 bits per heavy atom. The van der Waals surface area contributed by atoms with Crippen LogP contribution in [0.15, 0.2) is 0 Å². The summed E-state index contributed by atoms with van der Waals surface area (Å²) in [6.07, 6.45) is 3.63. The summed E-state index contributed by atoms with van der Waals surface area (Å²) in [5, 5.41) is 0. The topological polar surface area (TPSA) is 46.3 Å². The molecule has 1 aliphatic carbocycles. The van der Waals surface area contributed by atoms with Crippen LogP contribution >= 0.6 is 0 Å². The Labute approximate surface area is 86.6 Å². The van der Waals surface area contributed by atoms with Crippen molar-refractivity contribution < 1.29 is 4.79 Å². The van der Waals surface area contributed by atoms with Gasteiger partial charge in [-0.15, -0.1) is 0 Å². The molecule has 0 aromatic carbocycles. The molecule has 1 saturated carbocycles. The fourth-order valence-electron chi connectivity index (χ4n) is 1.59. The van der Waals surface area contributed by atoms with Crippen molar-refractivity contribution in [1.29, 1.82) is 0 Å². The van der Waals surface area contributed by atoms with Gasteiger partial charge in [0.25, 0.3) is 0 Å². The average Bonchev–Trinajstić information content (AvgIpc) is 2.98. The zero-order valence-electron chi connectivity index (χ0n) is 9.33. The van der Waals surface area contributed by atoms with E-state index in [1.807, 2.05) is 11.8 Å². The molecule has 0 aromatic heterocycles. The Morgan fingerprint density at radius 2 is 2.21 bits per heavy atom. The van der Waals surface area contributed by atoms with Gasteiger partial charge in [0.05, 0.1) is 0 Å². The zero-order chi connectivity index (χ0) is 10.6. The summed E-state index contributed by atoms with van der Waals surface area (Å²) in [5.74, 6) is 0.997. The van der Waals surface area contributed by atoms with Crippen LogP contribution in [0, 0.1) is 11.8 Å². The van der Waals surface area contributed by atoms with E-state index in [-0.39, 0.29) is 11.8 Å². The van der Waals surface area contributed by atoms with Crippen molar-refractivity contribution in [3.05, 3.63) is 0 Å². The number of nitrogens with zero attached hydrogens (tertiary/aromatic N) is 1. The number of rotatable bonds is 6. The van der Waals surface area contributed by atoms with Gasteiger partial charge in [0.1, 0.15) is 0 Å². The zero-order valence-corrected chi connectivity index (χ0v) is 9.33. The van der Waals surface area contributed by atoms with Gasteiger partial charge in [0.2, 0.25) is 5.91 Å². The Kier molecular flexibility index (Phi) is 4.39. The Morgan fingerprint density at radius 1 is 1.57 bits per heavy atom. The van der Waals surface area contributed by atoms with E-state index in [1.165, 1.54) is 12.8 Å². The van der Waals surface area contributed by atoms with Gasteiger partial charge >= 0.3 is 0 Å². The second kappa shape index (κ2) is 5.35. The van der Waals surface area contributed by atoms with Gasteiger partial charge in [-0.3, -0.25) is 4.79 Å². The molecule has 82 valence electrons. The second-order valence-corrected chi connectivity index (χ2v) is 4.36. The summed E-state index contributed by atoms with van der Waals surface area (Å²) in [7, 11) is 0. The molecule has 1 atom stereocenters. The summed E-state index contributed by atoms with van der Waals surface area (Å²) in [5.41, 5.74) is 5.51. The highest BCUT2D eigenvalue weighted by Gasteiger charge is 2.27. The first-order valence-electron chi connectivity index (χ1n) is 5.67. The molecule has 2 N–H and O–H groups in total. The summed E-state index contributed by atoms with van der Waals surface area (Å²) in [4.78, 5) is 13.9. The molecule has 0 saturated heterocycles. The van der Waals surface area contributed by atoms with Gasteiger partial charge in [0, 0.05) is 25.6 Å². The van der Waals surface area contributed by atoms with Crippen molar-refractivity contribution >= 4 is 5.91 Å². The summed E-state index contributed by atoms with van der Waals surface area (Å²) in [6.45, 7) is 6.33. The first-order chi connectivity index (χ1) is 6.69. The largest absolute Gasteiger partial charge is 0.342 e. The minimum atomic E-state index is -0.0136. The molecule has 0 spiro atoms. The smallest absolute Gasteiger partial charge is 0.226 e. The SMILES string of the molecule is CCCN(CC1CC1)C(=O)C(C)CN. The molecule has 0 bridgehead atoms. The summed E-state index contributed by atoms with van der Waals surface area (Å²) >= 11 is 0. The van der Waals surface area contributed by atoms with E-state index in [4.69, 9.17) is 5.73 Å². The Balaban J connectivity index is 2.42. The van der Waals surface area contributed by atoms with Gasteiger partial charge in [0.15, 0.2) is 0 Å². The number of carbonyl (C=O) groups is 1. The highest BCUT2D eigenvalue weighted by atomic mass is 16.2. The van der Waals surface area contributed by atoms with Crippen molar-refractivity contribution in [3.63, 3.8) is 0 Å². The predicted molar refractivity (Wildman–Crippen MR) is 57.8 cm³/mol. The van der Waals surface area contributed by atoms with Gasteiger partial charge in [-0.2, -0.15) is 0 Å². The summed E-state index contributed by atoms with van der Waals surface area (Å²) < 4.78 is 0. The highest BCUT2D eigenvalue weighted by molar-refractivity contribution is 5.78. The predicted octanol–water partition coefficient (Wildman–Crippen LogP) is 1.23. The fraction of sp³-hybridized carbons (Fsp3) is 0.909. The highest BCUT2D eigenvalue weighted by Crippen LogP contribution is 2.30. The van der Waals surface area contributed by atoms with E-state index < -0.39 is 0 Å². The van der Waals surface area contributed by atoms with Crippen molar-refractivity contribution in [2.45, 2.75) is 33.1 Å². The van der Waals surface area contributed by atoms with Crippen LogP contribution < -0.4 is 5.73 Å². The minimum Gasteiger partial charge on any atom is -0.342 e. The van der Waals surface area contributed by atoms with Crippen LogP contribution in [0.3, 0.4) is 0 Å². The molecular formula is C11H22N2O. The van der Waals surface area contributed by atoms with Gasteiger partial charge in [-0.1, -0.05) is 13.8 Å². The molecule has 1 aliphatic rings. The number of hydrogen-bond acceptors (Lipinski definition) is 2. The molecule has 14 heavy (non-hydrogen) atoms. The average molecular weight is 198 g/mol. The molecule has 3 heteroatoms. The van der Waals surface area contributed by atoms with Crippen LogP contribution in [0.5, 0.6) is 0 Å². The standard InChI is InChI=1S/C11H22N2O/c1-3-6-13(8-10-4-5-10)11(14)9(2)7-12/h9-10H,3-8,12H2,1-2H3. The van der Waals surface area contributed by atoms with E-state index in [0.29, 0.717) is 6.54 Å². The van der Waals surface area contributed by atoms with E-state index in [0.717, 1.165) is 25.4 Å². The van der Waals surface area contributed by atoms with E-state index in [2.05, 4.69) is 6.92 Å². The lowest BCUT2D eigenvalue weighted by molar-refractivity contribution is -0.135. The first kappa shape index (κ1) is 11.5. The first-order valence-corrected chi connectivity index (χ1v) is 5.67. The van der Waals surface area contributed by atoms with Gasteiger partial charge < -0.3 is 10.6 Å². The maximum atomic E-state index is 11.9. The van der Waals surface area contributed by atoms with Crippen LogP contribution in [0.2, 0.25) is 0 Å². The molecule has 0 heterocycles. The third-order valence-corrected chi connectivity index (χ3v) is 2.76. The van der Waals surface area contributed by atoms with Crippen LogP contribution in [-0.4, -0.2) is 30.4 Å². The van der Waals surface area contributed by atoms with Gasteiger partial charge in [-0.25, -0.2) is 0 Å². The number of amides is 1. The van der Waals surface area contributed by atoms with E-state index in [9.17, 15) is 4.79 Å². The molecule has 1 rings (SSSR count). The second-order valence-electron chi connectivity index (χ2n) is 4.36. The Bertz CT molecular complexity index is 190. The van der Waals surface area contributed by atoms with Crippen LogP contribution in [0.4, 0.5) is 0 Å². The number of carbonyl (C=O) groups excluding carboxylic acids is 1. The van der Waals surface area contributed by atoms with Crippen LogP contribution in [0.25, 0.3) is 0 Å². The Hall–Kier alpha value is -0.570. The quantitative estimate of drug-likeness (QED) is 0.697. The maximum absolute atomic E-state index is 11.9. The minimum absolute atomic E-state index is 0.0136. The fourth-order valence-corrected chi connectivity index (χ4v) is 1.59. The molecule has 0 radical (unpaired) electrons. The molecular weight excluding hydrogens is 176 g/mol. The van der Waals surface area contributed by atoms with Gasteiger partial charge in [-0.05, 0) is 25.2 Å². The third kappa shape index (κ3) is 3.29. The lowest BCUT2D eigenvalue weighted by Crippen LogP contribution is -2.39. The monoisotopic (exact) mass is 198 g/mol. The number of nitrogens with two attached hydrogens (primary N) is 1. The van der Waals surface area contributed by atoms with Crippen LogP contribution in [-0.2, 0) is 4.79 Å². The summed E-state index contributed by atoms with van der Waals surface area (Å²) in [6, 6.07) is 0. The molecule has 1 amide bonds. The van der Waals surface area contributed by atoms with Crippen molar-refractivity contribution in [2.75, 3.05) is 19.6 Å². The third-order valence-electron chi connectivity index (χ3n) is 2.76. The lowest BCUT2D eigenvalue weighted by atomic mass is 10.1. The maximum Gasteiger partial charge on any atom is 0.226 e. The molecule has 0 aliphatic heterocycles. The molecule has 1 fully saturated rings. The van der Waals surface area contributed by atoms with Crippen molar-refractivity contribution in [3.8, 4) is 0 Å². The molecule has 1 unspecified atom stereocenters. The van der Waals surface area contributed by atoms with E-state index in [1.54, 1.807) is 0 Å². The van der Waals surface area contributed by atoms with Crippen molar-refractivity contribution in [1.82, 2.24) is 4.90 Å². The van der Waals surface area contributed by atoms with E-state index >= 15 is 0 Å². The molecule has 3 nitrogen and oxygen atoms in total. The molecule has 0 aromatic rings. The normalized spacial score (nSPS) is 17.9. The number of hydrogen-bond donors (Lipinski definition) is 1. The van der Waals surface area contributed by atoms with Crippen LogP contribution in [0.1, 0.15) is 33.1 Å². The van der Waals surface area contributed by atoms with Crippen molar-refractivity contribution in [2.24, 2.45) is 17.6 Å².